The molecular weight excluding hydrogens is 757 g/mol. The highest BCUT2D eigenvalue weighted by Crippen LogP contribution is 2.47. The lowest BCUT2D eigenvalue weighted by Crippen LogP contribution is -2.12. The summed E-state index contributed by atoms with van der Waals surface area (Å²) >= 11 is 1.88. The Kier molecular flexibility index (Phi) is 8.39. The van der Waals surface area contributed by atoms with Crippen LogP contribution in [0.2, 0.25) is 0 Å². The first-order valence-corrected chi connectivity index (χ1v) is 21.7. The number of anilines is 3. The standard InChI is InChI=1S/C58H38N2S/c1-2-21-46-40(15-1)16-12-26-47(46)41-35-33-39(34-36-41)42-17-11-18-43(37-42)59(44-19-13-20-45(38-44)60-55-30-8-3-22-48(55)49-23-4-9-31-56(49)60)54-29-7-5-24-50(54)52-27-14-28-53-51-25-6-10-32-57(51)61-58(52)53/h1-38H. The Labute approximate surface area is 358 Å². The second-order valence-electron chi connectivity index (χ2n) is 15.7. The van der Waals surface area contributed by atoms with Crippen LogP contribution in [0.5, 0.6) is 0 Å². The van der Waals surface area contributed by atoms with Crippen LogP contribution in [0.1, 0.15) is 0 Å². The summed E-state index contributed by atoms with van der Waals surface area (Å²) in [5.74, 6) is 0. The summed E-state index contributed by atoms with van der Waals surface area (Å²) in [6, 6.07) is 84.2. The van der Waals surface area contributed by atoms with Crippen LogP contribution in [-0.2, 0) is 0 Å². The van der Waals surface area contributed by atoms with Crippen molar-refractivity contribution in [1.82, 2.24) is 4.57 Å². The Balaban J connectivity index is 1.04. The number of aromatic nitrogens is 1. The van der Waals surface area contributed by atoms with E-state index >= 15 is 0 Å². The van der Waals surface area contributed by atoms with Crippen LogP contribution in [0.15, 0.2) is 231 Å². The summed E-state index contributed by atoms with van der Waals surface area (Å²) in [5.41, 5.74) is 14.0. The van der Waals surface area contributed by atoms with Gasteiger partial charge in [0.15, 0.2) is 0 Å². The van der Waals surface area contributed by atoms with Crippen LogP contribution < -0.4 is 4.90 Å². The molecule has 61 heavy (non-hydrogen) atoms. The van der Waals surface area contributed by atoms with Crippen LogP contribution in [0, 0.1) is 0 Å². The average Bonchev–Trinajstić information content (AvgIpc) is 3.88. The largest absolute Gasteiger partial charge is 0.310 e. The van der Waals surface area contributed by atoms with Crippen molar-refractivity contribution >= 4 is 81.1 Å². The van der Waals surface area contributed by atoms with Gasteiger partial charge in [-0.05, 0) is 87.6 Å². The Morgan fingerprint density at radius 1 is 0.344 bits per heavy atom. The Morgan fingerprint density at radius 3 is 1.72 bits per heavy atom. The van der Waals surface area contributed by atoms with E-state index in [4.69, 9.17) is 0 Å². The van der Waals surface area contributed by atoms with E-state index in [0.29, 0.717) is 0 Å². The second kappa shape index (κ2) is 14.5. The molecule has 2 nitrogen and oxygen atoms in total. The van der Waals surface area contributed by atoms with E-state index in [1.807, 2.05) is 11.3 Å². The fourth-order valence-corrected chi connectivity index (χ4v) is 10.6. The summed E-state index contributed by atoms with van der Waals surface area (Å²) in [7, 11) is 0. The van der Waals surface area contributed by atoms with Crippen molar-refractivity contribution < 1.29 is 0 Å². The summed E-state index contributed by atoms with van der Waals surface area (Å²) in [4.78, 5) is 2.45. The molecule has 0 bridgehead atoms. The van der Waals surface area contributed by atoms with Gasteiger partial charge in [-0.3, -0.25) is 0 Å². The third kappa shape index (κ3) is 5.93. The molecule has 0 unspecified atom stereocenters. The zero-order valence-corrected chi connectivity index (χ0v) is 34.1. The van der Waals surface area contributed by atoms with Crippen molar-refractivity contribution in [1.29, 1.82) is 0 Å². The van der Waals surface area contributed by atoms with Crippen LogP contribution in [0.3, 0.4) is 0 Å². The first-order chi connectivity index (χ1) is 30.3. The molecule has 0 fully saturated rings. The molecule has 286 valence electrons. The van der Waals surface area contributed by atoms with Crippen molar-refractivity contribution in [2.75, 3.05) is 4.90 Å². The van der Waals surface area contributed by atoms with Crippen LogP contribution in [0.25, 0.3) is 91.8 Å². The molecule has 0 amide bonds. The summed E-state index contributed by atoms with van der Waals surface area (Å²) < 4.78 is 5.01. The molecule has 10 aromatic carbocycles. The normalized spacial score (nSPS) is 11.6. The topological polar surface area (TPSA) is 8.17 Å². The van der Waals surface area contributed by atoms with Gasteiger partial charge in [0.25, 0.3) is 0 Å². The van der Waals surface area contributed by atoms with Gasteiger partial charge in [-0.2, -0.15) is 0 Å². The lowest BCUT2D eigenvalue weighted by atomic mass is 9.96. The van der Waals surface area contributed by atoms with Gasteiger partial charge in [0.05, 0.1) is 16.7 Å². The first-order valence-electron chi connectivity index (χ1n) is 20.8. The van der Waals surface area contributed by atoms with Gasteiger partial charge in [0, 0.05) is 59.1 Å². The maximum absolute atomic E-state index is 2.45. The molecule has 0 aliphatic heterocycles. The molecule has 0 aliphatic rings. The molecule has 0 N–H and O–H groups in total. The molecular formula is C58H38N2S. The van der Waals surface area contributed by atoms with E-state index in [1.54, 1.807) is 0 Å². The summed E-state index contributed by atoms with van der Waals surface area (Å²) in [6.45, 7) is 0. The van der Waals surface area contributed by atoms with Crippen LogP contribution >= 0.6 is 11.3 Å². The van der Waals surface area contributed by atoms with Gasteiger partial charge in [-0.25, -0.2) is 0 Å². The number of nitrogens with zero attached hydrogens (tertiary/aromatic N) is 2. The molecule has 0 saturated carbocycles. The van der Waals surface area contributed by atoms with Crippen LogP contribution in [0.4, 0.5) is 17.1 Å². The molecule has 12 rings (SSSR count). The minimum absolute atomic E-state index is 1.08. The highest BCUT2D eigenvalue weighted by Gasteiger charge is 2.21. The SMILES string of the molecule is c1cc(-c2ccc(-c3cccc4ccccc34)cc2)cc(N(c2cccc(-n3c4ccccc4c4ccccc43)c2)c2ccccc2-c2cccc3c2sc2ccccc23)c1. The summed E-state index contributed by atoms with van der Waals surface area (Å²) in [5, 5.41) is 7.62. The predicted octanol–water partition coefficient (Wildman–Crippen LogP) is 16.8. The van der Waals surface area contributed by atoms with E-state index in [0.717, 1.165) is 28.3 Å². The van der Waals surface area contributed by atoms with Gasteiger partial charge in [-0.1, -0.05) is 176 Å². The van der Waals surface area contributed by atoms with Crippen molar-refractivity contribution in [3.05, 3.63) is 231 Å². The highest BCUT2D eigenvalue weighted by molar-refractivity contribution is 7.26. The highest BCUT2D eigenvalue weighted by atomic mass is 32.1. The smallest absolute Gasteiger partial charge is 0.0541 e. The van der Waals surface area contributed by atoms with Gasteiger partial charge < -0.3 is 9.47 Å². The zero-order chi connectivity index (χ0) is 40.3. The molecule has 0 aliphatic carbocycles. The lowest BCUT2D eigenvalue weighted by molar-refractivity contribution is 1.17. The fraction of sp³-hybridized carbons (Fsp3) is 0. The number of benzene rings is 10. The maximum atomic E-state index is 2.45. The van der Waals surface area contributed by atoms with Crippen LogP contribution in [-0.4, -0.2) is 4.57 Å². The van der Waals surface area contributed by atoms with Crippen molar-refractivity contribution in [2.24, 2.45) is 0 Å². The molecule has 2 aromatic heterocycles. The van der Waals surface area contributed by atoms with E-state index in [9.17, 15) is 0 Å². The van der Waals surface area contributed by atoms with Gasteiger partial charge >= 0.3 is 0 Å². The Bertz CT molecular complexity index is 3550. The lowest BCUT2D eigenvalue weighted by Gasteiger charge is -2.29. The monoisotopic (exact) mass is 794 g/mol. The van der Waals surface area contributed by atoms with E-state index in [1.165, 1.54) is 80.6 Å². The molecule has 2 heterocycles. The quantitative estimate of drug-likeness (QED) is 0.156. The molecule has 0 spiro atoms. The number of hydrogen-bond acceptors (Lipinski definition) is 2. The molecule has 0 atom stereocenters. The van der Waals surface area contributed by atoms with E-state index < -0.39 is 0 Å². The minimum Gasteiger partial charge on any atom is -0.310 e. The first kappa shape index (κ1) is 35.2. The number of para-hydroxylation sites is 3. The second-order valence-corrected chi connectivity index (χ2v) is 16.7. The average molecular weight is 795 g/mol. The summed E-state index contributed by atoms with van der Waals surface area (Å²) in [6.07, 6.45) is 0. The van der Waals surface area contributed by atoms with Crippen molar-refractivity contribution in [3.8, 4) is 39.1 Å². The van der Waals surface area contributed by atoms with E-state index in [-0.39, 0.29) is 0 Å². The predicted molar refractivity (Wildman–Crippen MR) is 262 cm³/mol. The Hall–Kier alpha value is -7.72. The molecule has 3 heteroatoms. The van der Waals surface area contributed by atoms with Gasteiger partial charge in [-0.15, -0.1) is 11.3 Å². The maximum Gasteiger partial charge on any atom is 0.0541 e. The van der Waals surface area contributed by atoms with Crippen molar-refractivity contribution in [3.63, 3.8) is 0 Å². The number of thiophene rings is 1. The number of rotatable bonds is 7. The Morgan fingerprint density at radius 2 is 0.902 bits per heavy atom. The number of hydrogen-bond donors (Lipinski definition) is 0. The third-order valence-electron chi connectivity index (χ3n) is 12.2. The van der Waals surface area contributed by atoms with Gasteiger partial charge in [0.1, 0.15) is 0 Å². The molecule has 0 saturated heterocycles. The minimum atomic E-state index is 1.08. The fourth-order valence-electron chi connectivity index (χ4n) is 9.40. The van der Waals surface area contributed by atoms with Crippen molar-refractivity contribution in [2.45, 2.75) is 0 Å². The molecule has 12 aromatic rings. The number of fused-ring (bicyclic) bond motifs is 7. The third-order valence-corrected chi connectivity index (χ3v) is 13.4. The molecule has 0 radical (unpaired) electrons. The zero-order valence-electron chi connectivity index (χ0n) is 33.2. The van der Waals surface area contributed by atoms with Gasteiger partial charge in [0.2, 0.25) is 0 Å². The van der Waals surface area contributed by atoms with E-state index in [2.05, 4.69) is 240 Å².